The summed E-state index contributed by atoms with van der Waals surface area (Å²) in [4.78, 5) is 10.4. The summed E-state index contributed by atoms with van der Waals surface area (Å²) in [6.07, 6.45) is 0. The van der Waals surface area contributed by atoms with E-state index in [9.17, 15) is 15.2 Å². The number of nitrogens with zero attached hydrogens (tertiary/aromatic N) is 1. The smallest absolute Gasteiger partial charge is 0.311 e. The lowest BCUT2D eigenvalue weighted by atomic mass is 10.2. The third-order valence-electron chi connectivity index (χ3n) is 2.55. The predicted octanol–water partition coefficient (Wildman–Crippen LogP) is 4.19. The molecular weight excluding hydrogens is 305 g/mol. The molecule has 2 rings (SSSR count). The topological polar surface area (TPSA) is 72.6 Å². The van der Waals surface area contributed by atoms with Gasteiger partial charge in [-0.3, -0.25) is 10.1 Å². The Labute approximate surface area is 124 Å². The van der Waals surface area contributed by atoms with E-state index >= 15 is 0 Å². The molecule has 0 aromatic heterocycles. The minimum absolute atomic E-state index is 0.0368. The van der Waals surface area contributed by atoms with Crippen LogP contribution in [0, 0.1) is 10.1 Å². The van der Waals surface area contributed by atoms with Crippen LogP contribution in [0.3, 0.4) is 0 Å². The van der Waals surface area contributed by atoms with Crippen molar-refractivity contribution in [2.75, 3.05) is 0 Å². The molecule has 2 aromatic rings. The fraction of sp³-hybridized carbons (Fsp3) is 0.0769. The minimum atomic E-state index is -0.582. The molecular formula is C13H9Cl2NO4. The molecule has 0 saturated heterocycles. The van der Waals surface area contributed by atoms with Crippen LogP contribution in [0.25, 0.3) is 0 Å². The molecule has 0 spiro atoms. The van der Waals surface area contributed by atoms with E-state index in [-0.39, 0.29) is 28.8 Å². The summed E-state index contributed by atoms with van der Waals surface area (Å²) < 4.78 is 5.49. The van der Waals surface area contributed by atoms with Crippen molar-refractivity contribution in [3.8, 4) is 11.5 Å². The van der Waals surface area contributed by atoms with E-state index in [4.69, 9.17) is 27.9 Å². The number of halogens is 2. The summed E-state index contributed by atoms with van der Waals surface area (Å²) in [5.41, 5.74) is 0.185. The molecule has 0 radical (unpaired) electrons. The first-order valence-corrected chi connectivity index (χ1v) is 6.28. The molecule has 0 fully saturated rings. The van der Waals surface area contributed by atoms with Crippen molar-refractivity contribution in [1.29, 1.82) is 0 Å². The Morgan fingerprint density at radius 1 is 1.25 bits per heavy atom. The van der Waals surface area contributed by atoms with Gasteiger partial charge in [0.1, 0.15) is 0 Å². The van der Waals surface area contributed by atoms with Crippen molar-refractivity contribution in [2.24, 2.45) is 0 Å². The molecule has 2 aromatic carbocycles. The molecule has 20 heavy (non-hydrogen) atoms. The molecule has 1 N–H and O–H groups in total. The van der Waals surface area contributed by atoms with Crippen LogP contribution in [0.5, 0.6) is 11.5 Å². The summed E-state index contributed by atoms with van der Waals surface area (Å²) in [5, 5.41) is 20.8. The molecule has 0 heterocycles. The quantitative estimate of drug-likeness (QED) is 0.678. The minimum Gasteiger partial charge on any atom is -0.448 e. The van der Waals surface area contributed by atoms with Crippen LogP contribution in [0.4, 0.5) is 5.69 Å². The van der Waals surface area contributed by atoms with Crippen molar-refractivity contribution in [1.82, 2.24) is 0 Å². The third-order valence-corrected chi connectivity index (χ3v) is 3.08. The highest BCUT2D eigenvalue weighted by Gasteiger charge is 2.18. The van der Waals surface area contributed by atoms with Crippen LogP contribution in [0.2, 0.25) is 10.0 Å². The molecule has 0 bridgehead atoms. The number of para-hydroxylation sites is 1. The highest BCUT2D eigenvalue weighted by Crippen LogP contribution is 2.38. The zero-order valence-electron chi connectivity index (χ0n) is 10.0. The molecule has 0 aliphatic carbocycles. The number of aliphatic hydroxyl groups excluding tert-OH is 1. The number of nitro benzene ring substituents is 1. The maximum atomic E-state index is 11.0. The van der Waals surface area contributed by atoms with E-state index in [2.05, 4.69) is 0 Å². The first-order chi connectivity index (χ1) is 9.52. The molecule has 0 unspecified atom stereocenters. The van der Waals surface area contributed by atoms with Gasteiger partial charge in [0.2, 0.25) is 5.75 Å². The lowest BCUT2D eigenvalue weighted by molar-refractivity contribution is -0.385. The van der Waals surface area contributed by atoms with Crippen LogP contribution in [-0.2, 0) is 6.61 Å². The van der Waals surface area contributed by atoms with Gasteiger partial charge in [-0.15, -0.1) is 0 Å². The van der Waals surface area contributed by atoms with Crippen molar-refractivity contribution in [2.45, 2.75) is 6.61 Å². The zero-order chi connectivity index (χ0) is 14.7. The molecule has 0 aliphatic rings. The Bertz CT molecular complexity index is 661. The number of nitro groups is 1. The zero-order valence-corrected chi connectivity index (χ0v) is 11.6. The lowest BCUT2D eigenvalue weighted by Crippen LogP contribution is -1.96. The van der Waals surface area contributed by atoms with Crippen molar-refractivity contribution >= 4 is 28.9 Å². The number of ether oxygens (including phenoxy) is 1. The van der Waals surface area contributed by atoms with Crippen molar-refractivity contribution in [3.05, 3.63) is 62.1 Å². The van der Waals surface area contributed by atoms with Gasteiger partial charge >= 0.3 is 5.69 Å². The van der Waals surface area contributed by atoms with Gasteiger partial charge < -0.3 is 9.84 Å². The number of hydrogen-bond donors (Lipinski definition) is 1. The van der Waals surface area contributed by atoms with Gasteiger partial charge in [-0.25, -0.2) is 0 Å². The molecule has 0 saturated carbocycles. The van der Waals surface area contributed by atoms with E-state index in [0.29, 0.717) is 10.6 Å². The largest absolute Gasteiger partial charge is 0.448 e. The summed E-state index contributed by atoms with van der Waals surface area (Å²) in [6.45, 7) is -0.301. The lowest BCUT2D eigenvalue weighted by Gasteiger charge is -2.11. The molecule has 0 atom stereocenters. The van der Waals surface area contributed by atoms with Crippen LogP contribution in [-0.4, -0.2) is 10.0 Å². The van der Waals surface area contributed by atoms with Gasteiger partial charge in [0.25, 0.3) is 0 Å². The van der Waals surface area contributed by atoms with Gasteiger partial charge in [0, 0.05) is 22.7 Å². The highest BCUT2D eigenvalue weighted by atomic mass is 35.5. The average molecular weight is 314 g/mol. The van der Waals surface area contributed by atoms with Gasteiger partial charge in [0.15, 0.2) is 5.75 Å². The molecule has 0 amide bonds. The van der Waals surface area contributed by atoms with E-state index in [1.165, 1.54) is 18.2 Å². The Kier molecular flexibility index (Phi) is 4.44. The number of hydrogen-bond acceptors (Lipinski definition) is 4. The predicted molar refractivity (Wildman–Crippen MR) is 75.6 cm³/mol. The summed E-state index contributed by atoms with van der Waals surface area (Å²) in [5.74, 6) is 0.132. The van der Waals surface area contributed by atoms with E-state index in [0.717, 1.165) is 0 Å². The SMILES string of the molecule is O=[N+]([O-])c1ccc(Cl)cc1Oc1c(Cl)cccc1CO. The highest BCUT2D eigenvalue weighted by molar-refractivity contribution is 6.32. The second-order valence-electron chi connectivity index (χ2n) is 3.86. The maximum Gasteiger partial charge on any atom is 0.311 e. The van der Waals surface area contributed by atoms with Gasteiger partial charge in [-0.05, 0) is 12.1 Å². The number of aliphatic hydroxyl groups is 1. The van der Waals surface area contributed by atoms with Gasteiger partial charge in [0.05, 0.1) is 16.6 Å². The Morgan fingerprint density at radius 3 is 2.65 bits per heavy atom. The average Bonchev–Trinajstić information content (AvgIpc) is 2.40. The first kappa shape index (κ1) is 14.6. The monoisotopic (exact) mass is 313 g/mol. The third kappa shape index (κ3) is 3.01. The van der Waals surface area contributed by atoms with E-state index in [1.807, 2.05) is 0 Å². The second-order valence-corrected chi connectivity index (χ2v) is 4.70. The van der Waals surface area contributed by atoms with Crippen molar-refractivity contribution < 1.29 is 14.8 Å². The fourth-order valence-electron chi connectivity index (χ4n) is 1.62. The Balaban J connectivity index is 2.50. The van der Waals surface area contributed by atoms with E-state index < -0.39 is 4.92 Å². The molecule has 7 heteroatoms. The number of benzene rings is 2. The maximum absolute atomic E-state index is 11.0. The van der Waals surface area contributed by atoms with Gasteiger partial charge in [-0.1, -0.05) is 35.3 Å². The Morgan fingerprint density at radius 2 is 2.00 bits per heavy atom. The van der Waals surface area contributed by atoms with Crippen LogP contribution >= 0.6 is 23.2 Å². The normalized spacial score (nSPS) is 10.3. The Hall–Kier alpha value is -1.82. The number of rotatable bonds is 4. The summed E-state index contributed by atoms with van der Waals surface area (Å²) in [7, 11) is 0. The second kappa shape index (κ2) is 6.09. The van der Waals surface area contributed by atoms with E-state index in [1.54, 1.807) is 18.2 Å². The summed E-state index contributed by atoms with van der Waals surface area (Å²) >= 11 is 11.8. The van der Waals surface area contributed by atoms with Crippen LogP contribution < -0.4 is 4.74 Å². The van der Waals surface area contributed by atoms with Crippen LogP contribution in [0.1, 0.15) is 5.56 Å². The van der Waals surface area contributed by atoms with Crippen molar-refractivity contribution in [3.63, 3.8) is 0 Å². The molecule has 5 nitrogen and oxygen atoms in total. The standard InChI is InChI=1S/C13H9Cl2NO4/c14-9-4-5-11(16(18)19)12(6-9)20-13-8(7-17)2-1-3-10(13)15/h1-6,17H,7H2. The van der Waals surface area contributed by atoms with Crippen LogP contribution in [0.15, 0.2) is 36.4 Å². The first-order valence-electron chi connectivity index (χ1n) is 5.53. The summed E-state index contributed by atoms with van der Waals surface area (Å²) in [6, 6.07) is 8.78. The fourth-order valence-corrected chi connectivity index (χ4v) is 2.02. The molecule has 0 aliphatic heterocycles. The van der Waals surface area contributed by atoms with Gasteiger partial charge in [-0.2, -0.15) is 0 Å². The molecule has 104 valence electrons.